The fourth-order valence-electron chi connectivity index (χ4n) is 0.988. The molecule has 1 atom stereocenters. The lowest BCUT2D eigenvalue weighted by atomic mass is 10.2. The minimum atomic E-state index is -3.19. The Bertz CT molecular complexity index is 462. The van der Waals surface area contributed by atoms with Crippen LogP contribution in [0, 0.1) is 13.8 Å². The van der Waals surface area contributed by atoms with Gasteiger partial charge in [-0.25, -0.2) is 18.4 Å². The van der Waals surface area contributed by atoms with Crippen molar-refractivity contribution < 1.29 is 8.42 Å². The van der Waals surface area contributed by atoms with Crippen LogP contribution in [0.1, 0.15) is 29.3 Å². The van der Waals surface area contributed by atoms with E-state index in [1.807, 2.05) is 0 Å². The molecule has 84 valence electrons. The molecular weight excluding hydrogens is 236 g/mol. The van der Waals surface area contributed by atoms with Gasteiger partial charge in [-0.15, -0.1) is 0 Å². The Morgan fingerprint density at radius 1 is 1.27 bits per heavy atom. The topological polar surface area (TPSA) is 59.9 Å². The van der Waals surface area contributed by atoms with E-state index >= 15 is 0 Å². The molecule has 0 fully saturated rings. The average Bonchev–Trinajstić information content (AvgIpc) is 2.10. The van der Waals surface area contributed by atoms with Gasteiger partial charge in [-0.1, -0.05) is 11.6 Å². The number of aromatic nitrogens is 2. The maximum Gasteiger partial charge on any atom is 0.157 e. The zero-order valence-electron chi connectivity index (χ0n) is 9.07. The number of hydrogen-bond donors (Lipinski definition) is 0. The quantitative estimate of drug-likeness (QED) is 0.750. The van der Waals surface area contributed by atoms with Crippen molar-refractivity contribution in [3.05, 3.63) is 22.2 Å². The van der Waals surface area contributed by atoms with E-state index in [1.165, 1.54) is 0 Å². The van der Waals surface area contributed by atoms with E-state index in [2.05, 4.69) is 9.97 Å². The highest BCUT2D eigenvalue weighted by molar-refractivity contribution is 7.90. The molecule has 1 aromatic rings. The molecule has 0 aliphatic carbocycles. The molecule has 1 rings (SSSR count). The SMILES string of the molecule is Cc1nc(C(C)S(C)(=O)=O)nc(Cl)c1C. The molecule has 4 nitrogen and oxygen atoms in total. The first-order valence-corrected chi connectivity index (χ1v) is 6.76. The van der Waals surface area contributed by atoms with Gasteiger partial charge in [0.2, 0.25) is 0 Å². The first-order chi connectivity index (χ1) is 6.73. The van der Waals surface area contributed by atoms with Crippen LogP contribution in [-0.4, -0.2) is 24.6 Å². The van der Waals surface area contributed by atoms with Crippen molar-refractivity contribution in [2.75, 3.05) is 6.26 Å². The van der Waals surface area contributed by atoms with Crippen molar-refractivity contribution in [1.82, 2.24) is 9.97 Å². The van der Waals surface area contributed by atoms with Crippen LogP contribution in [0.15, 0.2) is 0 Å². The van der Waals surface area contributed by atoms with Crippen LogP contribution >= 0.6 is 11.6 Å². The highest BCUT2D eigenvalue weighted by atomic mass is 35.5. The normalized spacial score (nSPS) is 13.9. The molecule has 1 aromatic heterocycles. The van der Waals surface area contributed by atoms with Crippen molar-refractivity contribution in [3.63, 3.8) is 0 Å². The summed E-state index contributed by atoms with van der Waals surface area (Å²) in [5.74, 6) is 0.255. The zero-order chi connectivity index (χ0) is 11.8. The van der Waals surface area contributed by atoms with Gasteiger partial charge in [-0.3, -0.25) is 0 Å². The standard InChI is InChI=1S/C9H13ClN2O2S/c1-5-6(2)11-9(12-8(5)10)7(3)15(4,13)14/h7H,1-4H3. The second kappa shape index (κ2) is 4.06. The van der Waals surface area contributed by atoms with Gasteiger partial charge in [0.25, 0.3) is 0 Å². The Hall–Kier alpha value is -0.680. The maximum absolute atomic E-state index is 11.3. The van der Waals surface area contributed by atoms with Gasteiger partial charge < -0.3 is 0 Å². The lowest BCUT2D eigenvalue weighted by molar-refractivity contribution is 0.589. The second-order valence-corrected chi connectivity index (χ2v) is 6.28. The molecule has 0 aliphatic heterocycles. The van der Waals surface area contributed by atoms with Crippen LogP contribution in [0.3, 0.4) is 0 Å². The van der Waals surface area contributed by atoms with Crippen LogP contribution < -0.4 is 0 Å². The number of halogens is 1. The van der Waals surface area contributed by atoms with Gasteiger partial charge in [0, 0.05) is 17.5 Å². The van der Waals surface area contributed by atoms with Gasteiger partial charge in [0.05, 0.1) is 0 Å². The van der Waals surface area contributed by atoms with Crippen molar-refractivity contribution in [1.29, 1.82) is 0 Å². The van der Waals surface area contributed by atoms with Gasteiger partial charge in [-0.2, -0.15) is 0 Å². The molecular formula is C9H13ClN2O2S. The van der Waals surface area contributed by atoms with Crippen molar-refractivity contribution in [2.24, 2.45) is 0 Å². The molecule has 0 amide bonds. The third-order valence-corrected chi connectivity index (χ3v) is 4.22. The van der Waals surface area contributed by atoms with E-state index in [-0.39, 0.29) is 5.82 Å². The summed E-state index contributed by atoms with van der Waals surface area (Å²) in [6.07, 6.45) is 1.16. The fraction of sp³-hybridized carbons (Fsp3) is 0.556. The predicted octanol–water partition coefficient (Wildman–Crippen LogP) is 1.85. The van der Waals surface area contributed by atoms with E-state index in [4.69, 9.17) is 11.6 Å². The number of rotatable bonds is 2. The van der Waals surface area contributed by atoms with E-state index < -0.39 is 15.1 Å². The van der Waals surface area contributed by atoms with Crippen LogP contribution in [0.4, 0.5) is 0 Å². The highest BCUT2D eigenvalue weighted by Gasteiger charge is 2.21. The minimum Gasteiger partial charge on any atom is -0.236 e. The third kappa shape index (κ3) is 2.66. The number of nitrogens with zero attached hydrogens (tertiary/aromatic N) is 2. The van der Waals surface area contributed by atoms with Gasteiger partial charge >= 0.3 is 0 Å². The largest absolute Gasteiger partial charge is 0.236 e. The molecule has 0 N–H and O–H groups in total. The second-order valence-electron chi connectivity index (χ2n) is 3.55. The van der Waals surface area contributed by atoms with Gasteiger partial charge in [-0.05, 0) is 20.8 Å². The van der Waals surface area contributed by atoms with Crippen LogP contribution in [0.5, 0.6) is 0 Å². The molecule has 0 aliphatic rings. The number of sulfone groups is 1. The Labute approximate surface area is 94.6 Å². The van der Waals surface area contributed by atoms with E-state index in [0.29, 0.717) is 10.8 Å². The number of hydrogen-bond acceptors (Lipinski definition) is 4. The molecule has 0 radical (unpaired) electrons. The molecule has 1 heterocycles. The molecule has 0 aromatic carbocycles. The molecule has 0 saturated carbocycles. The summed E-state index contributed by atoms with van der Waals surface area (Å²) < 4.78 is 22.6. The van der Waals surface area contributed by atoms with Crippen LogP contribution in [0.25, 0.3) is 0 Å². The Balaban J connectivity index is 3.29. The molecule has 15 heavy (non-hydrogen) atoms. The van der Waals surface area contributed by atoms with Crippen molar-refractivity contribution >= 4 is 21.4 Å². The van der Waals surface area contributed by atoms with E-state index in [9.17, 15) is 8.42 Å². The molecule has 1 unspecified atom stereocenters. The Morgan fingerprint density at radius 3 is 2.20 bits per heavy atom. The summed E-state index contributed by atoms with van der Waals surface area (Å²) in [7, 11) is -3.19. The summed E-state index contributed by atoms with van der Waals surface area (Å²) in [6, 6.07) is 0. The number of aryl methyl sites for hydroxylation is 1. The van der Waals surface area contributed by atoms with Crippen LogP contribution in [-0.2, 0) is 9.84 Å². The fourth-order valence-corrected chi connectivity index (χ4v) is 1.70. The van der Waals surface area contributed by atoms with Gasteiger partial charge in [0.15, 0.2) is 9.84 Å². The smallest absolute Gasteiger partial charge is 0.157 e. The Morgan fingerprint density at radius 2 is 1.80 bits per heavy atom. The summed E-state index contributed by atoms with van der Waals surface area (Å²) in [5.41, 5.74) is 1.49. The minimum absolute atomic E-state index is 0.255. The molecule has 6 heteroatoms. The maximum atomic E-state index is 11.3. The van der Waals surface area contributed by atoms with Gasteiger partial charge in [0.1, 0.15) is 16.2 Å². The molecule has 0 saturated heterocycles. The lowest BCUT2D eigenvalue weighted by Gasteiger charge is -2.10. The van der Waals surface area contributed by atoms with Crippen molar-refractivity contribution in [3.8, 4) is 0 Å². The molecule has 0 spiro atoms. The molecule has 0 bridgehead atoms. The summed E-state index contributed by atoms with van der Waals surface area (Å²) in [5, 5.41) is -0.415. The summed E-state index contributed by atoms with van der Waals surface area (Å²) in [6.45, 7) is 5.13. The Kier molecular flexibility index (Phi) is 3.35. The summed E-state index contributed by atoms with van der Waals surface area (Å²) >= 11 is 5.87. The lowest BCUT2D eigenvalue weighted by Crippen LogP contribution is -2.12. The van der Waals surface area contributed by atoms with E-state index in [0.717, 1.165) is 11.8 Å². The predicted molar refractivity (Wildman–Crippen MR) is 59.8 cm³/mol. The monoisotopic (exact) mass is 248 g/mol. The zero-order valence-corrected chi connectivity index (χ0v) is 10.6. The van der Waals surface area contributed by atoms with E-state index in [1.54, 1.807) is 20.8 Å². The summed E-state index contributed by atoms with van der Waals surface area (Å²) in [4.78, 5) is 8.10. The third-order valence-electron chi connectivity index (χ3n) is 2.35. The van der Waals surface area contributed by atoms with Crippen molar-refractivity contribution in [2.45, 2.75) is 26.0 Å². The van der Waals surface area contributed by atoms with Crippen LogP contribution in [0.2, 0.25) is 5.15 Å². The first-order valence-electron chi connectivity index (χ1n) is 4.43. The highest BCUT2D eigenvalue weighted by Crippen LogP contribution is 2.22. The first kappa shape index (κ1) is 12.4. The average molecular weight is 249 g/mol.